The Morgan fingerprint density at radius 3 is 2.54 bits per heavy atom. The summed E-state index contributed by atoms with van der Waals surface area (Å²) in [7, 11) is 0. The Bertz CT molecular complexity index is 2000. The number of carbonyl (C=O) groups excluding carboxylic acids is 4. The molecule has 2 amide bonds. The summed E-state index contributed by atoms with van der Waals surface area (Å²) >= 11 is 0. The number of amides is 2. The van der Waals surface area contributed by atoms with Crippen molar-refractivity contribution in [2.75, 3.05) is 13.4 Å². The molecule has 7 unspecified atom stereocenters. The van der Waals surface area contributed by atoms with Crippen LogP contribution in [0.25, 0.3) is 6.08 Å². The Labute approximate surface area is 331 Å². The molecule has 302 valence electrons. The highest BCUT2D eigenvalue weighted by Crippen LogP contribution is 2.55. The molecule has 0 spiro atoms. The predicted molar refractivity (Wildman–Crippen MR) is 205 cm³/mol. The van der Waals surface area contributed by atoms with E-state index in [0.717, 1.165) is 16.7 Å². The van der Waals surface area contributed by atoms with Crippen molar-refractivity contribution in [3.63, 3.8) is 0 Å². The Morgan fingerprint density at radius 2 is 1.79 bits per heavy atom. The molecule has 3 aliphatic heterocycles. The number of phenolic OH excluding ortho intramolecular Hbond substituents is 1. The van der Waals surface area contributed by atoms with Crippen LogP contribution in [0.3, 0.4) is 0 Å². The van der Waals surface area contributed by atoms with Gasteiger partial charge in [-0.05, 0) is 74.1 Å². The standard InChI is InChI=1S/C43H49N3O11/c1-42(2,3)56-34(49)19-18-31(24-47)45-39(50)30-12-7-9-28(20-30)22-44-41(52)43-21-33-35-36(54-25-53-35)38(43)57-46(37(43)40(51)55-33)23-27-16-14-26(15-17-27)8-6-11-29-10-4-5-13-32(29)48/h4-10,12-17,20,31,33,35-38,47-48H,11,18-19,21-25H2,1-3H3,(H,44,52)(H,45,50). The van der Waals surface area contributed by atoms with Crippen molar-refractivity contribution in [1.29, 1.82) is 0 Å². The van der Waals surface area contributed by atoms with E-state index >= 15 is 0 Å². The molecular formula is C43H49N3O11. The van der Waals surface area contributed by atoms with Crippen molar-refractivity contribution >= 4 is 29.8 Å². The zero-order valence-electron chi connectivity index (χ0n) is 32.2. The molecule has 57 heavy (non-hydrogen) atoms. The van der Waals surface area contributed by atoms with Crippen LogP contribution >= 0.6 is 0 Å². The zero-order chi connectivity index (χ0) is 40.3. The van der Waals surface area contributed by atoms with Gasteiger partial charge in [0.25, 0.3) is 5.91 Å². The number of fused-ring (bicyclic) bond motifs is 4. The molecule has 1 saturated carbocycles. The third-order valence-corrected chi connectivity index (χ3v) is 10.8. The largest absolute Gasteiger partial charge is 0.508 e. The number of para-hydroxylation sites is 1. The number of hydrogen-bond acceptors (Lipinski definition) is 12. The molecule has 2 bridgehead atoms. The monoisotopic (exact) mass is 783 g/mol. The minimum absolute atomic E-state index is 0.0164. The molecule has 14 nitrogen and oxygen atoms in total. The molecule has 3 heterocycles. The van der Waals surface area contributed by atoms with E-state index in [1.807, 2.05) is 48.6 Å². The predicted octanol–water partition coefficient (Wildman–Crippen LogP) is 3.72. The van der Waals surface area contributed by atoms with Crippen LogP contribution in [-0.4, -0.2) is 94.5 Å². The summed E-state index contributed by atoms with van der Waals surface area (Å²) in [5, 5.41) is 27.3. The molecule has 3 aromatic carbocycles. The van der Waals surface area contributed by atoms with Gasteiger partial charge in [-0.25, -0.2) is 0 Å². The first-order valence-corrected chi connectivity index (χ1v) is 19.2. The fourth-order valence-electron chi connectivity index (χ4n) is 8.08. The van der Waals surface area contributed by atoms with Gasteiger partial charge in [0.05, 0.1) is 19.2 Å². The molecule has 0 aromatic heterocycles. The van der Waals surface area contributed by atoms with Gasteiger partial charge in [0.1, 0.15) is 48.0 Å². The van der Waals surface area contributed by atoms with Crippen molar-refractivity contribution in [1.82, 2.24) is 15.7 Å². The van der Waals surface area contributed by atoms with Crippen molar-refractivity contribution < 1.29 is 53.2 Å². The molecule has 14 heteroatoms. The molecule has 1 aliphatic carbocycles. The van der Waals surface area contributed by atoms with Crippen LogP contribution in [0, 0.1) is 5.41 Å². The Kier molecular flexibility index (Phi) is 11.8. The summed E-state index contributed by atoms with van der Waals surface area (Å²) in [5.41, 5.74) is 1.58. The van der Waals surface area contributed by atoms with Gasteiger partial charge in [-0.3, -0.25) is 24.0 Å². The Hall–Kier alpha value is -5.12. The Balaban J connectivity index is 1.02. The van der Waals surface area contributed by atoms with Crippen LogP contribution in [0.15, 0.2) is 78.9 Å². The molecule has 4 fully saturated rings. The number of aliphatic hydroxyl groups is 1. The minimum Gasteiger partial charge on any atom is -0.508 e. The molecule has 7 atom stereocenters. The fraction of sp³-hybridized carbons (Fsp3) is 0.442. The summed E-state index contributed by atoms with van der Waals surface area (Å²) in [4.78, 5) is 60.1. The maximum Gasteiger partial charge on any atom is 0.327 e. The number of esters is 2. The van der Waals surface area contributed by atoms with Gasteiger partial charge in [-0.1, -0.05) is 66.7 Å². The summed E-state index contributed by atoms with van der Waals surface area (Å²) in [6.07, 6.45) is 2.17. The maximum absolute atomic E-state index is 14.5. The molecule has 0 radical (unpaired) electrons. The molecule has 4 aliphatic rings. The van der Waals surface area contributed by atoms with E-state index in [1.165, 1.54) is 5.06 Å². The number of ether oxygens (including phenoxy) is 4. The van der Waals surface area contributed by atoms with Crippen LogP contribution in [0.4, 0.5) is 0 Å². The van der Waals surface area contributed by atoms with Gasteiger partial charge in [0, 0.05) is 24.9 Å². The van der Waals surface area contributed by atoms with Crippen LogP contribution in [0.5, 0.6) is 5.75 Å². The zero-order valence-corrected chi connectivity index (χ0v) is 32.2. The first-order valence-electron chi connectivity index (χ1n) is 19.2. The second kappa shape index (κ2) is 16.8. The number of aliphatic hydroxyl groups excluding tert-OH is 1. The molecule has 4 N–H and O–H groups in total. The lowest BCUT2D eigenvalue weighted by Crippen LogP contribution is -2.69. The number of nitrogens with zero attached hydrogens (tertiary/aromatic N) is 1. The van der Waals surface area contributed by atoms with Gasteiger partial charge < -0.3 is 39.8 Å². The van der Waals surface area contributed by atoms with E-state index in [4.69, 9.17) is 23.8 Å². The molecule has 3 saturated heterocycles. The van der Waals surface area contributed by atoms with Crippen molar-refractivity contribution in [2.24, 2.45) is 5.41 Å². The van der Waals surface area contributed by atoms with E-state index in [2.05, 4.69) is 10.6 Å². The molecular weight excluding hydrogens is 734 g/mol. The number of carbonyl (C=O) groups is 4. The summed E-state index contributed by atoms with van der Waals surface area (Å²) in [6, 6.07) is 19.9. The SMILES string of the molecule is CC(C)(C)OC(=O)CCC(CO)NC(=O)c1cccc(CNC(=O)C23CC4OC(=O)C2N(Cc2ccc(C=CCc5ccccc5O)cc2)OC3C2OCOC42)c1. The average Bonchev–Trinajstić information content (AvgIpc) is 3.81. The van der Waals surface area contributed by atoms with E-state index in [0.29, 0.717) is 17.5 Å². The number of aromatic hydroxyl groups is 1. The van der Waals surface area contributed by atoms with Crippen LogP contribution in [0.2, 0.25) is 0 Å². The van der Waals surface area contributed by atoms with Crippen LogP contribution in [-0.2, 0) is 57.7 Å². The number of rotatable bonds is 14. The van der Waals surface area contributed by atoms with Gasteiger partial charge in [-0.15, -0.1) is 0 Å². The fourth-order valence-corrected chi connectivity index (χ4v) is 8.08. The van der Waals surface area contributed by atoms with E-state index in [9.17, 15) is 29.4 Å². The highest BCUT2D eigenvalue weighted by Gasteiger charge is 2.74. The Morgan fingerprint density at radius 1 is 1.02 bits per heavy atom. The van der Waals surface area contributed by atoms with E-state index in [-0.39, 0.29) is 51.5 Å². The minimum atomic E-state index is -1.35. The van der Waals surface area contributed by atoms with Gasteiger partial charge >= 0.3 is 11.9 Å². The normalized spacial score (nSPS) is 25.8. The summed E-state index contributed by atoms with van der Waals surface area (Å²) in [5.74, 6) is -1.60. The molecule has 3 aromatic rings. The lowest BCUT2D eigenvalue weighted by atomic mass is 9.62. The van der Waals surface area contributed by atoms with Gasteiger partial charge in [0.2, 0.25) is 5.91 Å². The number of benzene rings is 3. The number of nitrogens with one attached hydrogen (secondary N) is 2. The summed E-state index contributed by atoms with van der Waals surface area (Å²) < 4.78 is 23.0. The number of allylic oxidation sites excluding steroid dienone is 1. The highest BCUT2D eigenvalue weighted by atomic mass is 16.8. The lowest BCUT2D eigenvalue weighted by Gasteiger charge is -2.48. The third-order valence-electron chi connectivity index (χ3n) is 10.8. The average molecular weight is 784 g/mol. The number of hydroxylamine groups is 2. The number of hydrogen-bond donors (Lipinski definition) is 4. The topological polar surface area (TPSA) is 182 Å². The third kappa shape index (κ3) is 8.75. The highest BCUT2D eigenvalue weighted by molar-refractivity contribution is 5.95. The molecule has 7 rings (SSSR count). The second-order valence-electron chi connectivity index (χ2n) is 15.9. The first-order chi connectivity index (χ1) is 27.3. The van der Waals surface area contributed by atoms with E-state index < -0.39 is 71.3 Å². The quantitative estimate of drug-likeness (QED) is 0.174. The first kappa shape index (κ1) is 40.1. The van der Waals surface area contributed by atoms with E-state index in [1.54, 1.807) is 57.2 Å². The summed E-state index contributed by atoms with van der Waals surface area (Å²) in [6.45, 7) is 5.17. The number of phenols is 1. The second-order valence-corrected chi connectivity index (χ2v) is 15.9. The van der Waals surface area contributed by atoms with Crippen molar-refractivity contribution in [3.8, 4) is 5.75 Å². The van der Waals surface area contributed by atoms with Crippen molar-refractivity contribution in [2.45, 2.75) is 102 Å². The maximum atomic E-state index is 14.5. The van der Waals surface area contributed by atoms with Crippen LogP contribution in [0.1, 0.15) is 72.6 Å². The van der Waals surface area contributed by atoms with Gasteiger partial charge in [0.15, 0.2) is 6.04 Å². The smallest absolute Gasteiger partial charge is 0.327 e. The van der Waals surface area contributed by atoms with Crippen LogP contribution < -0.4 is 10.6 Å². The van der Waals surface area contributed by atoms with Crippen molar-refractivity contribution in [3.05, 3.63) is 107 Å². The van der Waals surface area contributed by atoms with Gasteiger partial charge in [-0.2, -0.15) is 5.06 Å². The lowest BCUT2D eigenvalue weighted by molar-refractivity contribution is -0.201.